The van der Waals surface area contributed by atoms with Gasteiger partial charge in [0.25, 0.3) is 0 Å². The largest absolute Gasteiger partial charge is 0.313 e. The molecule has 0 bridgehead atoms. The molecule has 0 aliphatic carbocycles. The van der Waals surface area contributed by atoms with E-state index in [0.29, 0.717) is 11.3 Å². The summed E-state index contributed by atoms with van der Waals surface area (Å²) in [5, 5.41) is 6.49. The van der Waals surface area contributed by atoms with Crippen molar-refractivity contribution in [3.05, 3.63) is 11.1 Å². The van der Waals surface area contributed by atoms with Crippen LogP contribution in [0.25, 0.3) is 0 Å². The Bertz CT molecular complexity index is 325. The summed E-state index contributed by atoms with van der Waals surface area (Å²) in [5.74, 6) is 0. The van der Waals surface area contributed by atoms with E-state index in [1.54, 1.807) is 11.3 Å². The Morgan fingerprint density at radius 2 is 2.11 bits per heavy atom. The molecular formula is C14H26N2S2. The highest BCUT2D eigenvalue weighted by Crippen LogP contribution is 2.31. The molecular weight excluding hydrogens is 260 g/mol. The summed E-state index contributed by atoms with van der Waals surface area (Å²) in [7, 11) is 0. The van der Waals surface area contributed by atoms with E-state index in [0.717, 1.165) is 12.2 Å². The Kier molecular flexibility index (Phi) is 7.95. The lowest BCUT2D eigenvalue weighted by molar-refractivity contribution is 0.454. The summed E-state index contributed by atoms with van der Waals surface area (Å²) in [6.45, 7) is 9.98. The maximum absolute atomic E-state index is 4.57. The van der Waals surface area contributed by atoms with Crippen molar-refractivity contribution in [2.24, 2.45) is 0 Å². The molecule has 2 nitrogen and oxygen atoms in total. The maximum atomic E-state index is 4.57. The SMILES string of the molecule is CCCNC(CCC)C(CC)Sc1nc(C)cs1. The molecule has 1 heterocycles. The molecule has 0 radical (unpaired) electrons. The van der Waals surface area contributed by atoms with Gasteiger partial charge in [-0.15, -0.1) is 11.3 Å². The van der Waals surface area contributed by atoms with Gasteiger partial charge in [-0.3, -0.25) is 0 Å². The van der Waals surface area contributed by atoms with Crippen LogP contribution in [0, 0.1) is 6.92 Å². The second kappa shape index (κ2) is 8.94. The van der Waals surface area contributed by atoms with Crippen LogP contribution in [-0.4, -0.2) is 22.8 Å². The first-order valence-corrected chi connectivity index (χ1v) is 8.79. The van der Waals surface area contributed by atoms with Gasteiger partial charge in [0, 0.05) is 22.4 Å². The molecule has 0 spiro atoms. The van der Waals surface area contributed by atoms with E-state index in [1.165, 1.54) is 30.0 Å². The molecule has 1 N–H and O–H groups in total. The number of nitrogens with one attached hydrogen (secondary N) is 1. The van der Waals surface area contributed by atoms with Crippen LogP contribution in [0.15, 0.2) is 9.72 Å². The third-order valence-corrected chi connectivity index (χ3v) is 5.54. The molecule has 0 saturated carbocycles. The number of aromatic nitrogens is 1. The minimum absolute atomic E-state index is 0.620. The van der Waals surface area contributed by atoms with Gasteiger partial charge in [0.2, 0.25) is 0 Å². The second-order valence-corrected chi connectivity index (χ2v) is 7.01. The summed E-state index contributed by atoms with van der Waals surface area (Å²) in [5.41, 5.74) is 1.14. The standard InChI is InChI=1S/C14H26N2S2/c1-5-8-12(15-9-6-2)13(7-3)18-14-16-11(4)10-17-14/h10,12-13,15H,5-9H2,1-4H3. The third kappa shape index (κ3) is 5.29. The van der Waals surface area contributed by atoms with Crippen molar-refractivity contribution in [3.63, 3.8) is 0 Å². The number of thioether (sulfide) groups is 1. The van der Waals surface area contributed by atoms with Gasteiger partial charge in [-0.2, -0.15) is 0 Å². The van der Waals surface area contributed by atoms with Crippen molar-refractivity contribution >= 4 is 23.1 Å². The van der Waals surface area contributed by atoms with Crippen LogP contribution in [-0.2, 0) is 0 Å². The van der Waals surface area contributed by atoms with Gasteiger partial charge in [0.1, 0.15) is 4.34 Å². The number of nitrogens with zero attached hydrogens (tertiary/aromatic N) is 1. The lowest BCUT2D eigenvalue weighted by atomic mass is 10.1. The van der Waals surface area contributed by atoms with Gasteiger partial charge in [-0.1, -0.05) is 39.0 Å². The fourth-order valence-corrected chi connectivity index (χ4v) is 4.30. The average Bonchev–Trinajstić information content (AvgIpc) is 2.77. The van der Waals surface area contributed by atoms with E-state index >= 15 is 0 Å². The van der Waals surface area contributed by atoms with Gasteiger partial charge in [-0.25, -0.2) is 4.98 Å². The average molecular weight is 287 g/mol. The van der Waals surface area contributed by atoms with E-state index < -0.39 is 0 Å². The molecule has 2 unspecified atom stereocenters. The first-order valence-electron chi connectivity index (χ1n) is 7.03. The normalized spacial score (nSPS) is 14.7. The Hall–Kier alpha value is -0.0600. The van der Waals surface area contributed by atoms with E-state index in [9.17, 15) is 0 Å². The highest BCUT2D eigenvalue weighted by atomic mass is 32.2. The minimum atomic E-state index is 0.620. The van der Waals surface area contributed by atoms with E-state index in [2.05, 4.69) is 43.4 Å². The van der Waals surface area contributed by atoms with Gasteiger partial charge >= 0.3 is 0 Å². The van der Waals surface area contributed by atoms with Crippen LogP contribution < -0.4 is 5.32 Å². The molecule has 0 amide bonds. The van der Waals surface area contributed by atoms with Crippen LogP contribution in [0.5, 0.6) is 0 Å². The summed E-state index contributed by atoms with van der Waals surface area (Å²) < 4.78 is 1.22. The molecule has 1 aromatic heterocycles. The molecule has 0 fully saturated rings. The van der Waals surface area contributed by atoms with Gasteiger partial charge in [-0.05, 0) is 32.7 Å². The van der Waals surface area contributed by atoms with Gasteiger partial charge < -0.3 is 5.32 Å². The van der Waals surface area contributed by atoms with Crippen molar-refractivity contribution in [2.75, 3.05) is 6.54 Å². The van der Waals surface area contributed by atoms with Crippen molar-refractivity contribution in [1.82, 2.24) is 10.3 Å². The van der Waals surface area contributed by atoms with Crippen LogP contribution in [0.2, 0.25) is 0 Å². The summed E-state index contributed by atoms with van der Waals surface area (Å²) in [4.78, 5) is 4.57. The van der Waals surface area contributed by atoms with Crippen molar-refractivity contribution < 1.29 is 0 Å². The minimum Gasteiger partial charge on any atom is -0.313 e. The predicted molar refractivity (Wildman–Crippen MR) is 83.8 cm³/mol. The molecule has 0 aliphatic heterocycles. The summed E-state index contributed by atoms with van der Waals surface area (Å²) in [6, 6.07) is 0.620. The maximum Gasteiger partial charge on any atom is 0.150 e. The molecule has 104 valence electrons. The van der Waals surface area contributed by atoms with E-state index in [4.69, 9.17) is 0 Å². The Morgan fingerprint density at radius 1 is 1.33 bits per heavy atom. The van der Waals surface area contributed by atoms with Gasteiger partial charge in [0.05, 0.1) is 0 Å². The lowest BCUT2D eigenvalue weighted by Gasteiger charge is -2.26. The molecule has 0 aliphatic rings. The zero-order valence-electron chi connectivity index (χ0n) is 12.0. The van der Waals surface area contributed by atoms with Crippen LogP contribution in [0.3, 0.4) is 0 Å². The first-order chi connectivity index (χ1) is 8.71. The lowest BCUT2D eigenvalue weighted by Crippen LogP contribution is -2.38. The van der Waals surface area contributed by atoms with Crippen LogP contribution in [0.1, 0.15) is 52.1 Å². The molecule has 1 aromatic rings. The molecule has 0 aromatic carbocycles. The third-order valence-electron chi connectivity index (χ3n) is 2.96. The molecule has 0 saturated heterocycles. The van der Waals surface area contributed by atoms with Crippen molar-refractivity contribution in [2.45, 2.75) is 69.0 Å². The van der Waals surface area contributed by atoms with Gasteiger partial charge in [0.15, 0.2) is 0 Å². The van der Waals surface area contributed by atoms with Crippen LogP contribution >= 0.6 is 23.1 Å². The fourth-order valence-electron chi connectivity index (χ4n) is 2.03. The quantitative estimate of drug-likeness (QED) is 0.677. The zero-order valence-corrected chi connectivity index (χ0v) is 13.7. The Balaban J connectivity index is 2.59. The predicted octanol–water partition coefficient (Wildman–Crippen LogP) is 4.49. The van der Waals surface area contributed by atoms with E-state index in [-0.39, 0.29) is 0 Å². The Morgan fingerprint density at radius 3 is 2.61 bits per heavy atom. The topological polar surface area (TPSA) is 24.9 Å². The highest BCUT2D eigenvalue weighted by Gasteiger charge is 2.20. The summed E-state index contributed by atoms with van der Waals surface area (Å²) >= 11 is 3.73. The number of hydrogen-bond acceptors (Lipinski definition) is 4. The van der Waals surface area contributed by atoms with Crippen LogP contribution in [0.4, 0.5) is 0 Å². The molecule has 18 heavy (non-hydrogen) atoms. The number of aryl methyl sites for hydroxylation is 1. The molecule has 2 atom stereocenters. The highest BCUT2D eigenvalue weighted by molar-refractivity contribution is 8.01. The monoisotopic (exact) mass is 286 g/mol. The number of thiazole rings is 1. The fraction of sp³-hybridized carbons (Fsp3) is 0.786. The number of rotatable bonds is 9. The second-order valence-electron chi connectivity index (χ2n) is 4.67. The zero-order chi connectivity index (χ0) is 13.4. The molecule has 4 heteroatoms. The summed E-state index contributed by atoms with van der Waals surface area (Å²) in [6.07, 6.45) is 4.91. The van der Waals surface area contributed by atoms with E-state index in [1.807, 2.05) is 11.8 Å². The Labute approximate surface area is 120 Å². The first kappa shape index (κ1) is 16.0. The number of hydrogen-bond donors (Lipinski definition) is 1. The molecule has 1 rings (SSSR count). The smallest absolute Gasteiger partial charge is 0.150 e. The van der Waals surface area contributed by atoms with Crippen molar-refractivity contribution in [3.8, 4) is 0 Å². The van der Waals surface area contributed by atoms with Crippen molar-refractivity contribution in [1.29, 1.82) is 0 Å².